The van der Waals surface area contributed by atoms with Gasteiger partial charge >= 0.3 is 0 Å². The van der Waals surface area contributed by atoms with Crippen molar-refractivity contribution in [1.82, 2.24) is 9.97 Å². The number of aromatic nitrogens is 2. The van der Waals surface area contributed by atoms with Gasteiger partial charge in [-0.15, -0.1) is 0 Å². The number of carbonyl (C=O) groups excluding carboxylic acids is 2. The fourth-order valence-electron chi connectivity index (χ4n) is 2.69. The molecule has 0 aliphatic heterocycles. The highest BCUT2D eigenvalue weighted by molar-refractivity contribution is 5.99. The van der Waals surface area contributed by atoms with E-state index in [-0.39, 0.29) is 11.5 Å². The second-order valence-corrected chi connectivity index (χ2v) is 6.25. The highest BCUT2D eigenvalue weighted by Gasteiger charge is 2.16. The molecular formula is C20H19FN6O2. The predicted octanol–water partition coefficient (Wildman–Crippen LogP) is 3.18. The van der Waals surface area contributed by atoms with Gasteiger partial charge in [-0.25, -0.2) is 9.37 Å². The number of benzene rings is 1. The van der Waals surface area contributed by atoms with E-state index in [0.29, 0.717) is 22.9 Å². The molecule has 3 rings (SSSR count). The molecule has 148 valence electrons. The number of carbonyl (C=O) groups is 2. The molecule has 1 aromatic carbocycles. The summed E-state index contributed by atoms with van der Waals surface area (Å²) in [5.74, 6) is -0.862. The summed E-state index contributed by atoms with van der Waals surface area (Å²) in [6.45, 7) is 1.43. The molecule has 29 heavy (non-hydrogen) atoms. The molecule has 2 amide bonds. The van der Waals surface area contributed by atoms with Crippen molar-refractivity contribution in [3.05, 3.63) is 66.4 Å². The number of hydrogen-bond acceptors (Lipinski definition) is 6. The van der Waals surface area contributed by atoms with E-state index in [0.717, 1.165) is 11.9 Å². The van der Waals surface area contributed by atoms with Gasteiger partial charge in [0, 0.05) is 43.7 Å². The first-order valence-corrected chi connectivity index (χ1v) is 8.62. The van der Waals surface area contributed by atoms with Crippen molar-refractivity contribution in [3.63, 3.8) is 0 Å². The van der Waals surface area contributed by atoms with Crippen LogP contribution in [0.2, 0.25) is 0 Å². The van der Waals surface area contributed by atoms with Crippen molar-refractivity contribution >= 4 is 40.4 Å². The Morgan fingerprint density at radius 3 is 2.38 bits per heavy atom. The maximum atomic E-state index is 13.5. The molecule has 9 heteroatoms. The molecule has 0 atom stereocenters. The van der Waals surface area contributed by atoms with E-state index in [9.17, 15) is 14.0 Å². The number of pyridine rings is 2. The van der Waals surface area contributed by atoms with Crippen LogP contribution in [0.4, 0.5) is 33.0 Å². The fraction of sp³-hybridized carbons (Fsp3) is 0.100. The first-order valence-electron chi connectivity index (χ1n) is 8.62. The summed E-state index contributed by atoms with van der Waals surface area (Å²) in [5.41, 5.74) is 7.93. The zero-order chi connectivity index (χ0) is 21.0. The van der Waals surface area contributed by atoms with E-state index in [1.807, 2.05) is 0 Å². The minimum atomic E-state index is -0.657. The number of nitrogens with zero attached hydrogens (tertiary/aromatic N) is 3. The SMILES string of the molecule is CC(=O)Nc1ccc(Nc2cc(N(C)c3cncc(F)c3)c(C(N)=O)cn2)cc1. The lowest BCUT2D eigenvalue weighted by atomic mass is 10.2. The number of nitrogens with two attached hydrogens (primary N) is 1. The molecule has 4 N–H and O–H groups in total. The Morgan fingerprint density at radius 2 is 1.76 bits per heavy atom. The first-order chi connectivity index (χ1) is 13.8. The molecule has 2 aromatic heterocycles. The van der Waals surface area contributed by atoms with Gasteiger partial charge in [0.25, 0.3) is 5.91 Å². The summed E-state index contributed by atoms with van der Waals surface area (Å²) < 4.78 is 13.5. The number of amides is 2. The normalized spacial score (nSPS) is 10.3. The summed E-state index contributed by atoms with van der Waals surface area (Å²) in [6.07, 6.45) is 3.92. The molecule has 0 aliphatic carbocycles. The molecule has 0 unspecified atom stereocenters. The second kappa shape index (κ2) is 8.34. The maximum absolute atomic E-state index is 13.5. The number of rotatable bonds is 6. The number of primary amides is 1. The molecule has 0 aliphatic rings. The smallest absolute Gasteiger partial charge is 0.252 e. The van der Waals surface area contributed by atoms with Crippen LogP contribution < -0.4 is 21.3 Å². The number of nitrogens with one attached hydrogen (secondary N) is 2. The monoisotopic (exact) mass is 394 g/mol. The first kappa shape index (κ1) is 19.7. The molecule has 8 nitrogen and oxygen atoms in total. The van der Waals surface area contributed by atoms with E-state index in [1.54, 1.807) is 42.3 Å². The average Bonchev–Trinajstić information content (AvgIpc) is 2.68. The Hall–Kier alpha value is -4.01. The summed E-state index contributed by atoms with van der Waals surface area (Å²) in [6, 6.07) is 9.96. The highest BCUT2D eigenvalue weighted by atomic mass is 19.1. The van der Waals surface area contributed by atoms with Crippen molar-refractivity contribution in [3.8, 4) is 0 Å². The lowest BCUT2D eigenvalue weighted by Crippen LogP contribution is -2.19. The molecule has 0 radical (unpaired) electrons. The summed E-state index contributed by atoms with van der Waals surface area (Å²) in [5, 5.41) is 5.80. The van der Waals surface area contributed by atoms with Crippen molar-refractivity contribution in [1.29, 1.82) is 0 Å². The molecular weight excluding hydrogens is 375 g/mol. The van der Waals surface area contributed by atoms with Gasteiger partial charge in [-0.1, -0.05) is 0 Å². The fourth-order valence-corrected chi connectivity index (χ4v) is 2.69. The van der Waals surface area contributed by atoms with Gasteiger partial charge in [0.15, 0.2) is 0 Å². The Morgan fingerprint density at radius 1 is 1.07 bits per heavy atom. The van der Waals surface area contributed by atoms with Crippen LogP contribution >= 0.6 is 0 Å². The van der Waals surface area contributed by atoms with E-state index in [1.165, 1.54) is 25.4 Å². The Kier molecular flexibility index (Phi) is 5.68. The molecule has 0 saturated carbocycles. The Bertz CT molecular complexity index is 1060. The molecule has 2 heterocycles. The summed E-state index contributed by atoms with van der Waals surface area (Å²) in [7, 11) is 1.67. The Labute approximate surface area is 166 Å². The largest absolute Gasteiger partial charge is 0.365 e. The standard InChI is InChI=1S/C20H19FN6O2/c1-12(28)25-14-3-5-15(6-4-14)26-19-8-18(17(11-24-19)20(22)29)27(2)16-7-13(21)9-23-10-16/h3-11H,1-2H3,(H2,22,29)(H,24,26)(H,25,28). The van der Waals surface area contributed by atoms with Crippen LogP contribution in [0, 0.1) is 5.82 Å². The van der Waals surface area contributed by atoms with Crippen molar-refractivity contribution in [2.45, 2.75) is 6.92 Å². The van der Waals surface area contributed by atoms with Gasteiger partial charge in [-0.2, -0.15) is 0 Å². The average molecular weight is 394 g/mol. The predicted molar refractivity (Wildman–Crippen MR) is 109 cm³/mol. The quantitative estimate of drug-likeness (QED) is 0.592. The van der Waals surface area contributed by atoms with Crippen molar-refractivity contribution in [2.75, 3.05) is 22.6 Å². The minimum absolute atomic E-state index is 0.158. The van der Waals surface area contributed by atoms with Crippen LogP contribution in [0.5, 0.6) is 0 Å². The van der Waals surface area contributed by atoms with Crippen LogP contribution in [0.3, 0.4) is 0 Å². The molecule has 0 spiro atoms. The van der Waals surface area contributed by atoms with Crippen LogP contribution in [0.25, 0.3) is 0 Å². The van der Waals surface area contributed by atoms with Crippen LogP contribution in [-0.4, -0.2) is 28.8 Å². The van der Waals surface area contributed by atoms with E-state index in [4.69, 9.17) is 5.73 Å². The number of halogens is 1. The molecule has 0 bridgehead atoms. The number of hydrogen-bond donors (Lipinski definition) is 3. The third-order valence-electron chi connectivity index (χ3n) is 4.06. The van der Waals surface area contributed by atoms with Gasteiger partial charge < -0.3 is 21.3 Å². The lowest BCUT2D eigenvalue weighted by molar-refractivity contribution is -0.114. The Balaban J connectivity index is 1.90. The van der Waals surface area contributed by atoms with Gasteiger partial charge in [-0.3, -0.25) is 14.6 Å². The van der Waals surface area contributed by atoms with Crippen molar-refractivity contribution in [2.24, 2.45) is 5.73 Å². The summed E-state index contributed by atoms with van der Waals surface area (Å²) in [4.78, 5) is 32.6. The van der Waals surface area contributed by atoms with Crippen molar-refractivity contribution < 1.29 is 14.0 Å². The van der Waals surface area contributed by atoms with E-state index in [2.05, 4.69) is 20.6 Å². The zero-order valence-electron chi connectivity index (χ0n) is 15.8. The van der Waals surface area contributed by atoms with Gasteiger partial charge in [0.2, 0.25) is 5.91 Å². The zero-order valence-corrected chi connectivity index (χ0v) is 15.8. The van der Waals surface area contributed by atoms with E-state index >= 15 is 0 Å². The third kappa shape index (κ3) is 4.83. The van der Waals surface area contributed by atoms with Gasteiger partial charge in [0.05, 0.1) is 29.3 Å². The number of anilines is 5. The van der Waals surface area contributed by atoms with Crippen LogP contribution in [-0.2, 0) is 4.79 Å². The summed E-state index contributed by atoms with van der Waals surface area (Å²) >= 11 is 0. The molecule has 0 saturated heterocycles. The van der Waals surface area contributed by atoms with Crippen LogP contribution in [0.1, 0.15) is 17.3 Å². The molecule has 0 fully saturated rings. The topological polar surface area (TPSA) is 113 Å². The maximum Gasteiger partial charge on any atom is 0.252 e. The lowest BCUT2D eigenvalue weighted by Gasteiger charge is -2.22. The minimum Gasteiger partial charge on any atom is -0.365 e. The van der Waals surface area contributed by atoms with Crippen LogP contribution in [0.15, 0.2) is 55.0 Å². The highest BCUT2D eigenvalue weighted by Crippen LogP contribution is 2.29. The van der Waals surface area contributed by atoms with E-state index < -0.39 is 11.7 Å². The third-order valence-corrected chi connectivity index (χ3v) is 4.06. The second-order valence-electron chi connectivity index (χ2n) is 6.25. The van der Waals surface area contributed by atoms with Gasteiger partial charge in [0.1, 0.15) is 11.6 Å². The molecule has 3 aromatic rings. The van der Waals surface area contributed by atoms with Gasteiger partial charge in [-0.05, 0) is 24.3 Å².